The van der Waals surface area contributed by atoms with E-state index in [0.717, 1.165) is 6.42 Å². The first kappa shape index (κ1) is 15.9. The van der Waals surface area contributed by atoms with Gasteiger partial charge in [-0.1, -0.05) is 0 Å². The van der Waals surface area contributed by atoms with Gasteiger partial charge >= 0.3 is 5.97 Å². The molecule has 0 rings (SSSR count). The standard InChI is InChI=1S/C11H22N2O4/c1-9(11(16)13-7-8-17-2)12-6-4-3-5-10(14)15/h9,12H,3-8H2,1-2H3,(H,13,16)(H,14,15). The molecule has 0 heterocycles. The molecule has 0 aliphatic rings. The zero-order chi connectivity index (χ0) is 13.1. The molecular formula is C11H22N2O4. The highest BCUT2D eigenvalue weighted by Crippen LogP contribution is 1.94. The highest BCUT2D eigenvalue weighted by Gasteiger charge is 2.10. The molecule has 100 valence electrons. The lowest BCUT2D eigenvalue weighted by molar-refractivity contribution is -0.137. The minimum absolute atomic E-state index is 0.0692. The van der Waals surface area contributed by atoms with Crippen molar-refractivity contribution >= 4 is 11.9 Å². The number of nitrogens with one attached hydrogen (secondary N) is 2. The van der Waals surface area contributed by atoms with Gasteiger partial charge in [-0.15, -0.1) is 0 Å². The smallest absolute Gasteiger partial charge is 0.303 e. The lowest BCUT2D eigenvalue weighted by atomic mass is 10.2. The van der Waals surface area contributed by atoms with Gasteiger partial charge in [-0.3, -0.25) is 9.59 Å². The van der Waals surface area contributed by atoms with Crippen molar-refractivity contribution < 1.29 is 19.4 Å². The van der Waals surface area contributed by atoms with E-state index in [0.29, 0.717) is 26.1 Å². The largest absolute Gasteiger partial charge is 0.481 e. The molecule has 0 spiro atoms. The average molecular weight is 246 g/mol. The maximum absolute atomic E-state index is 11.5. The van der Waals surface area contributed by atoms with Crippen LogP contribution in [0.3, 0.4) is 0 Å². The van der Waals surface area contributed by atoms with Crippen molar-refractivity contribution in [3.8, 4) is 0 Å². The van der Waals surface area contributed by atoms with Gasteiger partial charge in [-0.2, -0.15) is 0 Å². The zero-order valence-corrected chi connectivity index (χ0v) is 10.5. The molecule has 0 radical (unpaired) electrons. The Morgan fingerprint density at radius 3 is 2.59 bits per heavy atom. The summed E-state index contributed by atoms with van der Waals surface area (Å²) in [6.45, 7) is 3.42. The number of aliphatic carboxylic acids is 1. The van der Waals surface area contributed by atoms with Gasteiger partial charge in [0, 0.05) is 20.1 Å². The van der Waals surface area contributed by atoms with Crippen LogP contribution in [0.2, 0.25) is 0 Å². The number of hydrogen-bond acceptors (Lipinski definition) is 4. The quantitative estimate of drug-likeness (QED) is 0.472. The molecule has 6 nitrogen and oxygen atoms in total. The number of carboxylic acids is 1. The molecular weight excluding hydrogens is 224 g/mol. The van der Waals surface area contributed by atoms with Crippen LogP contribution in [0.4, 0.5) is 0 Å². The van der Waals surface area contributed by atoms with Crippen molar-refractivity contribution in [2.24, 2.45) is 0 Å². The normalized spacial score (nSPS) is 12.1. The van der Waals surface area contributed by atoms with Gasteiger partial charge in [0.1, 0.15) is 0 Å². The van der Waals surface area contributed by atoms with E-state index in [9.17, 15) is 9.59 Å². The Balaban J connectivity index is 3.46. The van der Waals surface area contributed by atoms with Gasteiger partial charge in [0.15, 0.2) is 0 Å². The van der Waals surface area contributed by atoms with Gasteiger partial charge in [-0.05, 0) is 26.3 Å². The van der Waals surface area contributed by atoms with E-state index in [1.165, 1.54) is 0 Å². The van der Waals surface area contributed by atoms with E-state index >= 15 is 0 Å². The molecule has 6 heteroatoms. The molecule has 0 bridgehead atoms. The molecule has 17 heavy (non-hydrogen) atoms. The third-order valence-electron chi connectivity index (χ3n) is 2.27. The summed E-state index contributed by atoms with van der Waals surface area (Å²) >= 11 is 0. The monoisotopic (exact) mass is 246 g/mol. The molecule has 0 aliphatic carbocycles. The molecule has 0 saturated carbocycles. The second-order valence-corrected chi connectivity index (χ2v) is 3.81. The molecule has 1 atom stereocenters. The Bertz CT molecular complexity index is 234. The predicted octanol–water partition coefficient (Wildman–Crippen LogP) is -0.0180. The van der Waals surface area contributed by atoms with Crippen LogP contribution >= 0.6 is 0 Å². The van der Waals surface area contributed by atoms with Crippen LogP contribution in [-0.4, -0.2) is 49.8 Å². The van der Waals surface area contributed by atoms with Crippen molar-refractivity contribution in [1.82, 2.24) is 10.6 Å². The second kappa shape index (κ2) is 10.0. The van der Waals surface area contributed by atoms with E-state index in [1.807, 2.05) is 0 Å². The van der Waals surface area contributed by atoms with Crippen LogP contribution in [0.15, 0.2) is 0 Å². The fourth-order valence-electron chi connectivity index (χ4n) is 1.24. The van der Waals surface area contributed by atoms with Crippen LogP contribution in [0, 0.1) is 0 Å². The second-order valence-electron chi connectivity index (χ2n) is 3.81. The summed E-state index contributed by atoms with van der Waals surface area (Å²) in [5, 5.41) is 14.2. The number of carbonyl (C=O) groups is 2. The summed E-state index contributed by atoms with van der Waals surface area (Å²) in [6.07, 6.45) is 1.55. The number of ether oxygens (including phenoxy) is 1. The summed E-state index contributed by atoms with van der Waals surface area (Å²) in [4.78, 5) is 21.7. The summed E-state index contributed by atoms with van der Waals surface area (Å²) < 4.78 is 4.82. The first-order valence-corrected chi connectivity index (χ1v) is 5.79. The van der Waals surface area contributed by atoms with Gasteiger partial charge in [0.25, 0.3) is 0 Å². The fourth-order valence-corrected chi connectivity index (χ4v) is 1.24. The van der Waals surface area contributed by atoms with Crippen molar-refractivity contribution in [3.05, 3.63) is 0 Å². The molecule has 0 saturated heterocycles. The number of amides is 1. The maximum Gasteiger partial charge on any atom is 0.303 e. The number of hydrogen-bond donors (Lipinski definition) is 3. The van der Waals surface area contributed by atoms with Crippen LogP contribution in [0.5, 0.6) is 0 Å². The minimum atomic E-state index is -0.782. The SMILES string of the molecule is COCCNC(=O)C(C)NCCCCC(=O)O. The van der Waals surface area contributed by atoms with E-state index < -0.39 is 5.97 Å². The Labute approximate surface area is 102 Å². The van der Waals surface area contributed by atoms with E-state index in [1.54, 1.807) is 14.0 Å². The van der Waals surface area contributed by atoms with E-state index in [-0.39, 0.29) is 18.4 Å². The van der Waals surface area contributed by atoms with Crippen LogP contribution in [0.25, 0.3) is 0 Å². The number of unbranched alkanes of at least 4 members (excludes halogenated alkanes) is 1. The zero-order valence-electron chi connectivity index (χ0n) is 10.5. The van der Waals surface area contributed by atoms with Gasteiger partial charge in [0.05, 0.1) is 12.6 Å². The molecule has 1 amide bonds. The fraction of sp³-hybridized carbons (Fsp3) is 0.818. The maximum atomic E-state index is 11.5. The molecule has 0 fully saturated rings. The minimum Gasteiger partial charge on any atom is -0.481 e. The number of methoxy groups -OCH3 is 1. The van der Waals surface area contributed by atoms with Crippen LogP contribution in [-0.2, 0) is 14.3 Å². The third-order valence-corrected chi connectivity index (χ3v) is 2.27. The molecule has 0 aromatic rings. The third kappa shape index (κ3) is 9.77. The van der Waals surface area contributed by atoms with Crippen molar-refractivity contribution in [3.63, 3.8) is 0 Å². The van der Waals surface area contributed by atoms with E-state index in [4.69, 9.17) is 9.84 Å². The molecule has 0 aromatic heterocycles. The van der Waals surface area contributed by atoms with Crippen LogP contribution < -0.4 is 10.6 Å². The number of carboxylic acid groups (broad SMARTS) is 1. The Hall–Kier alpha value is -1.14. The molecule has 0 aromatic carbocycles. The highest BCUT2D eigenvalue weighted by molar-refractivity contribution is 5.81. The first-order valence-electron chi connectivity index (χ1n) is 5.79. The molecule has 1 unspecified atom stereocenters. The number of carbonyl (C=O) groups excluding carboxylic acids is 1. The van der Waals surface area contributed by atoms with Gasteiger partial charge < -0.3 is 20.5 Å². The Kier molecular flexibility index (Phi) is 9.37. The van der Waals surface area contributed by atoms with Crippen molar-refractivity contribution in [2.45, 2.75) is 32.2 Å². The van der Waals surface area contributed by atoms with E-state index in [2.05, 4.69) is 10.6 Å². The summed E-state index contributed by atoms with van der Waals surface area (Å²) in [5.41, 5.74) is 0. The van der Waals surface area contributed by atoms with Gasteiger partial charge in [-0.25, -0.2) is 0 Å². The lowest BCUT2D eigenvalue weighted by Gasteiger charge is -2.13. The molecule has 3 N–H and O–H groups in total. The summed E-state index contributed by atoms with van der Waals surface area (Å²) in [5.74, 6) is -0.851. The average Bonchev–Trinajstić information content (AvgIpc) is 2.28. The predicted molar refractivity (Wildman–Crippen MR) is 63.8 cm³/mol. The Morgan fingerprint density at radius 2 is 2.00 bits per heavy atom. The summed E-state index contributed by atoms with van der Waals surface area (Å²) in [6, 6.07) is -0.267. The number of rotatable bonds is 10. The van der Waals surface area contributed by atoms with Crippen LogP contribution in [0.1, 0.15) is 26.2 Å². The van der Waals surface area contributed by atoms with Crippen molar-refractivity contribution in [1.29, 1.82) is 0 Å². The lowest BCUT2D eigenvalue weighted by Crippen LogP contribution is -2.43. The molecule has 0 aliphatic heterocycles. The van der Waals surface area contributed by atoms with Gasteiger partial charge in [0.2, 0.25) is 5.91 Å². The summed E-state index contributed by atoms with van der Waals surface area (Å²) in [7, 11) is 1.58. The first-order chi connectivity index (χ1) is 8.07. The Morgan fingerprint density at radius 1 is 1.29 bits per heavy atom. The van der Waals surface area contributed by atoms with Crippen molar-refractivity contribution in [2.75, 3.05) is 26.8 Å². The topological polar surface area (TPSA) is 87.7 Å². The highest BCUT2D eigenvalue weighted by atomic mass is 16.5.